The second-order valence-electron chi connectivity index (χ2n) is 6.65. The molecule has 1 unspecified atom stereocenters. The van der Waals surface area contributed by atoms with Crippen LogP contribution < -0.4 is 9.47 Å². The molecule has 0 saturated carbocycles. The predicted molar refractivity (Wildman–Crippen MR) is 107 cm³/mol. The van der Waals surface area contributed by atoms with E-state index in [1.165, 1.54) is 0 Å². The molecule has 0 spiro atoms. The van der Waals surface area contributed by atoms with Crippen molar-refractivity contribution in [3.8, 4) is 11.5 Å². The van der Waals surface area contributed by atoms with E-state index in [0.29, 0.717) is 23.9 Å². The lowest BCUT2D eigenvalue weighted by atomic mass is 9.97. The molecule has 0 saturated heterocycles. The first-order valence-corrected chi connectivity index (χ1v) is 9.59. The van der Waals surface area contributed by atoms with E-state index in [1.54, 1.807) is 51.3 Å². The van der Waals surface area contributed by atoms with Gasteiger partial charge in [-0.1, -0.05) is 20.3 Å². The molecule has 0 bridgehead atoms. The number of hydrogen-bond donors (Lipinski definition) is 0. The molecule has 2 rings (SSSR count). The molecule has 1 amide bonds. The molecule has 0 fully saturated rings. The molecule has 0 N–H and O–H groups in total. The number of fused-ring (bicyclic) bond motifs is 1. The lowest BCUT2D eigenvalue weighted by Crippen LogP contribution is -2.43. The fourth-order valence-electron chi connectivity index (χ4n) is 2.91. The number of carbonyl (C=O) groups excluding carboxylic acids is 2. The lowest BCUT2D eigenvalue weighted by Gasteiger charge is -2.27. The van der Waals surface area contributed by atoms with Crippen molar-refractivity contribution in [2.45, 2.75) is 46.1 Å². The van der Waals surface area contributed by atoms with E-state index in [0.717, 1.165) is 19.3 Å². The maximum Gasteiger partial charge on any atom is 0.231 e. The Balaban J connectivity index is 0.000000696. The van der Waals surface area contributed by atoms with E-state index in [2.05, 4.69) is 16.4 Å². The smallest absolute Gasteiger partial charge is 0.231 e. The van der Waals surface area contributed by atoms with Gasteiger partial charge in [0.25, 0.3) is 0 Å². The Kier molecular flexibility index (Phi) is 10.6. The largest absolute Gasteiger partial charge is 0.454 e. The van der Waals surface area contributed by atoms with Crippen molar-refractivity contribution in [3.05, 3.63) is 23.8 Å². The van der Waals surface area contributed by atoms with Crippen LogP contribution in [-0.2, 0) is 14.3 Å². The molecule has 0 radical (unpaired) electrons. The zero-order valence-corrected chi connectivity index (χ0v) is 17.8. The van der Waals surface area contributed by atoms with Gasteiger partial charge in [-0.25, -0.2) is 0 Å². The average Bonchev–Trinajstić information content (AvgIpc) is 3.18. The third kappa shape index (κ3) is 6.49. The Morgan fingerprint density at radius 2 is 1.79 bits per heavy atom. The Morgan fingerprint density at radius 1 is 1.14 bits per heavy atom. The van der Waals surface area contributed by atoms with Crippen LogP contribution in [0.15, 0.2) is 18.2 Å². The standard InChI is InChI=1S/C18H25NO4.C3H8O2/c1-5-7-13(6-2)18(21)19(4)12(3)17(20)14-8-9-15-16(10-14)23-11-22-15;1-4-3-5-2/h8-10,12-13H,5-7,11H2,1-4H3;3H2,1-2H3/t12-,13?;/m0./s1. The third-order valence-electron chi connectivity index (χ3n) is 4.68. The van der Waals surface area contributed by atoms with Crippen LogP contribution in [0.2, 0.25) is 0 Å². The molecule has 0 aromatic heterocycles. The van der Waals surface area contributed by atoms with Crippen molar-refractivity contribution in [1.82, 2.24) is 4.90 Å². The predicted octanol–water partition coefficient (Wildman–Crippen LogP) is 3.51. The average molecular weight is 395 g/mol. The van der Waals surface area contributed by atoms with Gasteiger partial charge < -0.3 is 23.8 Å². The molecule has 1 aromatic carbocycles. The van der Waals surface area contributed by atoms with Crippen LogP contribution in [0.25, 0.3) is 0 Å². The summed E-state index contributed by atoms with van der Waals surface area (Å²) in [6.07, 6.45) is 2.61. The third-order valence-corrected chi connectivity index (χ3v) is 4.68. The fraction of sp³-hybridized carbons (Fsp3) is 0.619. The highest BCUT2D eigenvalue weighted by Gasteiger charge is 2.28. The number of benzene rings is 1. The summed E-state index contributed by atoms with van der Waals surface area (Å²) in [5, 5.41) is 0. The number of methoxy groups -OCH3 is 2. The maximum atomic E-state index is 12.7. The second kappa shape index (κ2) is 12.4. The molecular formula is C21H33NO6. The number of nitrogens with zero attached hydrogens (tertiary/aromatic N) is 1. The Hall–Kier alpha value is -2.12. The van der Waals surface area contributed by atoms with Crippen molar-refractivity contribution in [3.63, 3.8) is 0 Å². The fourth-order valence-corrected chi connectivity index (χ4v) is 2.91. The highest BCUT2D eigenvalue weighted by molar-refractivity contribution is 6.02. The van der Waals surface area contributed by atoms with Gasteiger partial charge in [-0.05, 0) is 38.0 Å². The topological polar surface area (TPSA) is 74.3 Å². The normalized spacial score (nSPS) is 13.9. The zero-order chi connectivity index (χ0) is 21.1. The number of ether oxygens (including phenoxy) is 4. The summed E-state index contributed by atoms with van der Waals surface area (Å²) in [4.78, 5) is 26.8. The van der Waals surface area contributed by atoms with Crippen molar-refractivity contribution >= 4 is 11.7 Å². The molecule has 0 aliphatic carbocycles. The zero-order valence-electron chi connectivity index (χ0n) is 17.8. The number of amides is 1. The van der Waals surface area contributed by atoms with E-state index in [4.69, 9.17) is 9.47 Å². The summed E-state index contributed by atoms with van der Waals surface area (Å²) in [5.74, 6) is 1.15. The van der Waals surface area contributed by atoms with Crippen LogP contribution in [0, 0.1) is 5.92 Å². The van der Waals surface area contributed by atoms with Crippen LogP contribution in [0.5, 0.6) is 11.5 Å². The van der Waals surface area contributed by atoms with Gasteiger partial charge in [-0.2, -0.15) is 0 Å². The van der Waals surface area contributed by atoms with Crippen molar-refractivity contribution < 1.29 is 28.5 Å². The number of ketones is 1. The minimum absolute atomic E-state index is 0.0167. The van der Waals surface area contributed by atoms with Gasteiger partial charge >= 0.3 is 0 Å². The van der Waals surface area contributed by atoms with Gasteiger partial charge in [-0.15, -0.1) is 0 Å². The maximum absolute atomic E-state index is 12.7. The van der Waals surface area contributed by atoms with Crippen molar-refractivity contribution in [2.75, 3.05) is 34.9 Å². The number of carbonyl (C=O) groups is 2. The van der Waals surface area contributed by atoms with Crippen LogP contribution in [0.1, 0.15) is 50.4 Å². The van der Waals surface area contributed by atoms with Gasteiger partial charge in [0.15, 0.2) is 17.3 Å². The monoisotopic (exact) mass is 395 g/mol. The summed E-state index contributed by atoms with van der Waals surface area (Å²) >= 11 is 0. The van der Waals surface area contributed by atoms with Crippen LogP contribution in [0.3, 0.4) is 0 Å². The molecule has 28 heavy (non-hydrogen) atoms. The summed E-state index contributed by atoms with van der Waals surface area (Å²) < 4.78 is 19.5. The quantitative estimate of drug-likeness (QED) is 0.471. The van der Waals surface area contributed by atoms with Gasteiger partial charge in [0, 0.05) is 32.7 Å². The Labute approximate surface area is 167 Å². The number of hydrogen-bond acceptors (Lipinski definition) is 6. The summed E-state index contributed by atoms with van der Waals surface area (Å²) in [6.45, 7) is 6.41. The SMILES string of the molecule is CCCC(CC)C(=O)N(C)[C@@H](C)C(=O)c1ccc2c(c1)OCO2.COCOC. The molecular weight excluding hydrogens is 362 g/mol. The van der Waals surface area contributed by atoms with Gasteiger partial charge in [0.1, 0.15) is 6.79 Å². The minimum atomic E-state index is -0.506. The van der Waals surface area contributed by atoms with Crippen molar-refractivity contribution in [2.24, 2.45) is 5.92 Å². The highest BCUT2D eigenvalue weighted by Crippen LogP contribution is 2.33. The summed E-state index contributed by atoms with van der Waals surface area (Å²) in [7, 11) is 4.88. The van der Waals surface area contributed by atoms with Crippen LogP contribution in [-0.4, -0.2) is 57.5 Å². The highest BCUT2D eigenvalue weighted by atomic mass is 16.7. The molecule has 1 aliphatic heterocycles. The van der Waals surface area contributed by atoms with E-state index in [1.807, 2.05) is 6.92 Å². The lowest BCUT2D eigenvalue weighted by molar-refractivity contribution is -0.135. The number of rotatable bonds is 9. The van der Waals surface area contributed by atoms with E-state index >= 15 is 0 Å². The first kappa shape index (κ1) is 23.9. The molecule has 1 aliphatic rings. The second-order valence-corrected chi connectivity index (χ2v) is 6.65. The van der Waals surface area contributed by atoms with Crippen LogP contribution in [0.4, 0.5) is 0 Å². The van der Waals surface area contributed by atoms with Crippen LogP contribution >= 0.6 is 0 Å². The van der Waals surface area contributed by atoms with Gasteiger partial charge in [0.2, 0.25) is 12.7 Å². The Bertz CT molecular complexity index is 631. The van der Waals surface area contributed by atoms with Gasteiger partial charge in [0.05, 0.1) is 6.04 Å². The van der Waals surface area contributed by atoms with Gasteiger partial charge in [-0.3, -0.25) is 9.59 Å². The molecule has 7 heteroatoms. The Morgan fingerprint density at radius 3 is 2.32 bits per heavy atom. The molecule has 1 aromatic rings. The van der Waals surface area contributed by atoms with E-state index < -0.39 is 6.04 Å². The van der Waals surface area contributed by atoms with E-state index in [9.17, 15) is 9.59 Å². The first-order valence-electron chi connectivity index (χ1n) is 9.59. The molecule has 158 valence electrons. The number of likely N-dealkylation sites (N-methyl/N-ethyl adjacent to an activating group) is 1. The molecule has 1 heterocycles. The minimum Gasteiger partial charge on any atom is -0.454 e. The molecule has 7 nitrogen and oxygen atoms in total. The van der Waals surface area contributed by atoms with Crippen molar-refractivity contribution in [1.29, 1.82) is 0 Å². The first-order chi connectivity index (χ1) is 13.4. The summed E-state index contributed by atoms with van der Waals surface area (Å²) in [5.41, 5.74) is 0.532. The number of Topliss-reactive ketones (excluding diaryl/α,β-unsaturated/α-hetero) is 1. The van der Waals surface area contributed by atoms with E-state index in [-0.39, 0.29) is 24.4 Å². The summed E-state index contributed by atoms with van der Waals surface area (Å²) in [6, 6.07) is 4.63. The molecule has 2 atom stereocenters.